The number of hydrogen-bond donors (Lipinski definition) is 4. The maximum Gasteiger partial charge on any atom is 0.328 e. The number of phenols is 2. The molecule has 126 valence electrons. The van der Waals surface area contributed by atoms with Crippen molar-refractivity contribution in [3.05, 3.63) is 26.8 Å². The highest BCUT2D eigenvalue weighted by molar-refractivity contribution is 6.35. The molecule has 9 nitrogen and oxygen atoms in total. The second-order valence-corrected chi connectivity index (χ2v) is 5.03. The molecule has 1 aromatic rings. The zero-order valence-corrected chi connectivity index (χ0v) is 13.0. The smallest absolute Gasteiger partial charge is 0.328 e. The molecule has 0 spiro atoms. The van der Waals surface area contributed by atoms with E-state index < -0.39 is 44.6 Å². The van der Waals surface area contributed by atoms with Crippen molar-refractivity contribution in [2.75, 3.05) is 6.54 Å². The normalized spacial score (nSPS) is 10.2. The summed E-state index contributed by atoms with van der Waals surface area (Å²) in [5.74, 6) is -3.11. The van der Waals surface area contributed by atoms with Crippen LogP contribution in [0.3, 0.4) is 0 Å². The lowest BCUT2D eigenvalue weighted by atomic mass is 10.1. The zero-order chi connectivity index (χ0) is 17.6. The summed E-state index contributed by atoms with van der Waals surface area (Å²) >= 11 is 5.71. The van der Waals surface area contributed by atoms with Crippen LogP contribution in [0.25, 0.3) is 0 Å². The third-order valence-corrected chi connectivity index (χ3v) is 3.21. The predicted molar refractivity (Wildman–Crippen MR) is 81.8 cm³/mol. The molecule has 0 unspecified atom stereocenters. The van der Waals surface area contributed by atoms with Crippen molar-refractivity contribution in [3.8, 4) is 11.5 Å². The molecule has 0 aromatic heterocycles. The second-order valence-electron chi connectivity index (χ2n) is 4.62. The van der Waals surface area contributed by atoms with Gasteiger partial charge in [-0.15, -0.1) is 0 Å². The largest absolute Gasteiger partial charge is 0.504 e. The van der Waals surface area contributed by atoms with Crippen LogP contribution in [-0.2, 0) is 0 Å². The van der Waals surface area contributed by atoms with Gasteiger partial charge in [0.15, 0.2) is 5.75 Å². The van der Waals surface area contributed by atoms with E-state index in [0.717, 1.165) is 25.3 Å². The fourth-order valence-electron chi connectivity index (χ4n) is 1.79. The molecule has 0 fully saturated rings. The number of imide groups is 1. The van der Waals surface area contributed by atoms with Gasteiger partial charge in [-0.1, -0.05) is 31.4 Å². The average Bonchev–Trinajstić information content (AvgIpc) is 2.46. The Labute approximate surface area is 136 Å². The molecule has 0 aliphatic heterocycles. The van der Waals surface area contributed by atoms with Crippen molar-refractivity contribution in [1.29, 1.82) is 0 Å². The Morgan fingerprint density at radius 3 is 2.57 bits per heavy atom. The number of phenolic OH excluding ortho intramolecular Hbond substituents is 2. The summed E-state index contributed by atoms with van der Waals surface area (Å²) in [4.78, 5) is 33.5. The molecule has 0 heterocycles. The van der Waals surface area contributed by atoms with Crippen LogP contribution in [0.1, 0.15) is 36.5 Å². The third-order valence-electron chi connectivity index (χ3n) is 2.91. The fourth-order valence-corrected chi connectivity index (χ4v) is 2.07. The van der Waals surface area contributed by atoms with Gasteiger partial charge in [0.25, 0.3) is 5.91 Å². The molecule has 0 atom stereocenters. The number of aromatic hydroxyl groups is 2. The molecule has 0 radical (unpaired) electrons. The van der Waals surface area contributed by atoms with Crippen molar-refractivity contribution in [1.82, 2.24) is 10.6 Å². The van der Waals surface area contributed by atoms with E-state index >= 15 is 0 Å². The van der Waals surface area contributed by atoms with Crippen LogP contribution in [0.4, 0.5) is 10.5 Å². The lowest BCUT2D eigenvalue weighted by Crippen LogP contribution is -2.40. The topological polar surface area (TPSA) is 142 Å². The monoisotopic (exact) mass is 345 g/mol. The molecule has 0 aliphatic rings. The van der Waals surface area contributed by atoms with E-state index in [-0.39, 0.29) is 0 Å². The SMILES string of the molecule is CCCCCNC(=O)NC(=O)c1c(Cl)cc(O)c(O)c1[N+](=O)[O-]. The number of rotatable bonds is 6. The standard InChI is InChI=1S/C13H16ClN3O6/c1-2-3-4-5-15-13(21)16-12(20)9-7(14)6-8(18)11(19)10(9)17(22)23/h6,18-19H,2-5H2,1H3,(H2,15,16,20,21). The molecular formula is C13H16ClN3O6. The van der Waals surface area contributed by atoms with Crippen LogP contribution < -0.4 is 10.6 Å². The van der Waals surface area contributed by atoms with Gasteiger partial charge in [-0.05, 0) is 6.42 Å². The Balaban J connectivity index is 2.94. The Morgan fingerprint density at radius 1 is 1.35 bits per heavy atom. The summed E-state index contributed by atoms with van der Waals surface area (Å²) in [5, 5.41) is 33.7. The molecule has 0 bridgehead atoms. The van der Waals surface area contributed by atoms with E-state index in [1.807, 2.05) is 12.2 Å². The predicted octanol–water partition coefficient (Wildman–Crippen LogP) is 2.29. The van der Waals surface area contributed by atoms with E-state index in [2.05, 4.69) is 5.32 Å². The summed E-state index contributed by atoms with van der Waals surface area (Å²) in [5.41, 5.74) is -1.79. The Bertz CT molecular complexity index is 635. The molecule has 3 amide bonds. The van der Waals surface area contributed by atoms with Gasteiger partial charge in [-0.2, -0.15) is 0 Å². The van der Waals surface area contributed by atoms with E-state index in [0.29, 0.717) is 6.54 Å². The van der Waals surface area contributed by atoms with Crippen molar-refractivity contribution in [2.24, 2.45) is 0 Å². The number of nitrogens with one attached hydrogen (secondary N) is 2. The van der Waals surface area contributed by atoms with Crippen LogP contribution >= 0.6 is 11.6 Å². The van der Waals surface area contributed by atoms with Crippen LogP contribution in [-0.4, -0.2) is 33.6 Å². The lowest BCUT2D eigenvalue weighted by Gasteiger charge is -2.09. The van der Waals surface area contributed by atoms with Crippen molar-refractivity contribution in [2.45, 2.75) is 26.2 Å². The van der Waals surface area contributed by atoms with Crippen LogP contribution in [0.2, 0.25) is 5.02 Å². The van der Waals surface area contributed by atoms with Crippen LogP contribution in [0, 0.1) is 10.1 Å². The van der Waals surface area contributed by atoms with Gasteiger partial charge in [-0.25, -0.2) is 4.79 Å². The molecule has 4 N–H and O–H groups in total. The molecular weight excluding hydrogens is 330 g/mol. The maximum atomic E-state index is 12.0. The Kier molecular flexibility index (Phi) is 6.58. The first kappa shape index (κ1) is 18.5. The summed E-state index contributed by atoms with van der Waals surface area (Å²) in [6, 6.07) is -0.0677. The number of carbonyl (C=O) groups excluding carboxylic acids is 2. The fraction of sp³-hybridized carbons (Fsp3) is 0.385. The minimum atomic E-state index is -1.16. The van der Waals surface area contributed by atoms with Gasteiger partial charge in [0.1, 0.15) is 5.56 Å². The Morgan fingerprint density at radius 2 is 2.00 bits per heavy atom. The van der Waals surface area contributed by atoms with Gasteiger partial charge in [0, 0.05) is 12.6 Å². The maximum absolute atomic E-state index is 12.0. The number of unbranched alkanes of at least 4 members (excludes halogenated alkanes) is 2. The highest BCUT2D eigenvalue weighted by Gasteiger charge is 2.31. The van der Waals surface area contributed by atoms with Crippen LogP contribution in [0.5, 0.6) is 11.5 Å². The summed E-state index contributed by atoms with van der Waals surface area (Å²) < 4.78 is 0. The molecule has 0 saturated heterocycles. The average molecular weight is 346 g/mol. The quantitative estimate of drug-likeness (QED) is 0.269. The Hall–Kier alpha value is -2.55. The summed E-state index contributed by atoms with van der Waals surface area (Å²) in [6.07, 6.45) is 2.58. The number of urea groups is 1. The molecule has 1 aromatic carbocycles. The highest BCUT2D eigenvalue weighted by atomic mass is 35.5. The molecule has 0 aliphatic carbocycles. The number of benzene rings is 1. The zero-order valence-electron chi connectivity index (χ0n) is 12.3. The van der Waals surface area contributed by atoms with Gasteiger partial charge in [0.2, 0.25) is 5.75 Å². The number of carbonyl (C=O) groups is 2. The van der Waals surface area contributed by atoms with Crippen molar-refractivity contribution in [3.63, 3.8) is 0 Å². The first-order chi connectivity index (χ1) is 10.8. The number of hydrogen-bond acceptors (Lipinski definition) is 6. The third kappa shape index (κ3) is 4.71. The van der Waals surface area contributed by atoms with Crippen molar-refractivity contribution < 1.29 is 24.7 Å². The minimum Gasteiger partial charge on any atom is -0.504 e. The van der Waals surface area contributed by atoms with E-state index in [9.17, 15) is 29.9 Å². The number of halogens is 1. The lowest BCUT2D eigenvalue weighted by molar-refractivity contribution is -0.386. The molecule has 23 heavy (non-hydrogen) atoms. The van der Waals surface area contributed by atoms with Crippen molar-refractivity contribution >= 4 is 29.2 Å². The number of nitro groups is 1. The minimum absolute atomic E-state index is 0.337. The number of nitro benzene ring substituents is 1. The van der Waals surface area contributed by atoms with E-state index in [1.54, 1.807) is 0 Å². The molecule has 1 rings (SSSR count). The van der Waals surface area contributed by atoms with Crippen LogP contribution in [0.15, 0.2) is 6.07 Å². The van der Waals surface area contributed by atoms with Gasteiger partial charge < -0.3 is 15.5 Å². The van der Waals surface area contributed by atoms with Gasteiger partial charge in [0.05, 0.1) is 9.95 Å². The van der Waals surface area contributed by atoms with Gasteiger partial charge in [-0.3, -0.25) is 20.2 Å². The summed E-state index contributed by atoms with van der Waals surface area (Å²) in [6.45, 7) is 2.33. The number of amides is 3. The first-order valence-electron chi connectivity index (χ1n) is 6.77. The van der Waals surface area contributed by atoms with Gasteiger partial charge >= 0.3 is 11.7 Å². The number of nitrogens with zero attached hydrogens (tertiary/aromatic N) is 1. The molecule has 0 saturated carbocycles. The second kappa shape index (κ2) is 8.18. The van der Waals surface area contributed by atoms with E-state index in [4.69, 9.17) is 11.6 Å². The van der Waals surface area contributed by atoms with E-state index in [1.165, 1.54) is 0 Å². The molecule has 10 heteroatoms. The first-order valence-corrected chi connectivity index (χ1v) is 7.15. The highest BCUT2D eigenvalue weighted by Crippen LogP contribution is 2.41. The summed E-state index contributed by atoms with van der Waals surface area (Å²) in [7, 11) is 0.